The van der Waals surface area contributed by atoms with Crippen LogP contribution in [0.15, 0.2) is 60.0 Å². The lowest BCUT2D eigenvalue weighted by Gasteiger charge is -2.14. The van der Waals surface area contributed by atoms with Crippen LogP contribution in [0.5, 0.6) is 11.5 Å². The number of thiophene rings is 1. The summed E-state index contributed by atoms with van der Waals surface area (Å²) in [5.74, 6) is 1.59. The number of aryl methyl sites for hydroxylation is 1. The molecule has 0 aliphatic rings. The van der Waals surface area contributed by atoms with Crippen molar-refractivity contribution in [1.29, 1.82) is 0 Å². The molecule has 1 aromatic heterocycles. The van der Waals surface area contributed by atoms with Gasteiger partial charge in [0.2, 0.25) is 0 Å². The third-order valence-electron chi connectivity index (χ3n) is 4.16. The predicted octanol–water partition coefficient (Wildman–Crippen LogP) is 5.32. The summed E-state index contributed by atoms with van der Waals surface area (Å²) in [6.45, 7) is 6.94. The highest BCUT2D eigenvalue weighted by molar-refractivity contribution is 7.09. The second-order valence-corrected chi connectivity index (χ2v) is 7.14. The van der Waals surface area contributed by atoms with Gasteiger partial charge in [0.25, 0.3) is 0 Å². The maximum Gasteiger partial charge on any atom is 0.161 e. The normalized spacial score (nSPS) is 10.7. The molecule has 1 N–H and O–H groups in total. The van der Waals surface area contributed by atoms with Crippen molar-refractivity contribution in [2.75, 3.05) is 6.61 Å². The molecule has 0 bridgehead atoms. The minimum atomic E-state index is 0.544. The maximum absolute atomic E-state index is 6.03. The van der Waals surface area contributed by atoms with Gasteiger partial charge in [-0.05, 0) is 54.1 Å². The fraction of sp³-hybridized carbons (Fsp3) is 0.273. The molecule has 26 heavy (non-hydrogen) atoms. The van der Waals surface area contributed by atoms with Gasteiger partial charge >= 0.3 is 0 Å². The van der Waals surface area contributed by atoms with E-state index in [9.17, 15) is 0 Å². The quantitative estimate of drug-likeness (QED) is 0.555. The van der Waals surface area contributed by atoms with Gasteiger partial charge in [0.05, 0.1) is 6.61 Å². The van der Waals surface area contributed by atoms with Crippen LogP contribution in [0.2, 0.25) is 0 Å². The molecule has 1 heterocycles. The zero-order valence-electron chi connectivity index (χ0n) is 15.3. The van der Waals surface area contributed by atoms with Crippen LogP contribution in [0.1, 0.15) is 28.5 Å². The second kappa shape index (κ2) is 9.41. The minimum absolute atomic E-state index is 0.544. The molecule has 0 amide bonds. The third kappa shape index (κ3) is 5.10. The van der Waals surface area contributed by atoms with Gasteiger partial charge in [-0.25, -0.2) is 0 Å². The molecule has 0 atom stereocenters. The van der Waals surface area contributed by atoms with Crippen molar-refractivity contribution in [3.05, 3.63) is 81.5 Å². The lowest BCUT2D eigenvalue weighted by atomic mass is 10.1. The topological polar surface area (TPSA) is 30.5 Å². The number of rotatable bonds is 9. The summed E-state index contributed by atoms with van der Waals surface area (Å²) in [4.78, 5) is 1.34. The Labute approximate surface area is 159 Å². The molecule has 0 fully saturated rings. The highest BCUT2D eigenvalue weighted by atomic mass is 32.1. The maximum atomic E-state index is 6.03. The molecule has 0 saturated carbocycles. The molecular weight excluding hydrogens is 342 g/mol. The van der Waals surface area contributed by atoms with Crippen molar-refractivity contribution in [3.63, 3.8) is 0 Å². The van der Waals surface area contributed by atoms with Gasteiger partial charge < -0.3 is 14.8 Å². The average molecular weight is 368 g/mol. The van der Waals surface area contributed by atoms with Gasteiger partial charge in [0.15, 0.2) is 11.5 Å². The van der Waals surface area contributed by atoms with Crippen LogP contribution >= 0.6 is 11.3 Å². The minimum Gasteiger partial charge on any atom is -0.490 e. The van der Waals surface area contributed by atoms with Gasteiger partial charge in [0, 0.05) is 18.0 Å². The van der Waals surface area contributed by atoms with E-state index in [0.717, 1.165) is 24.6 Å². The first-order valence-electron chi connectivity index (χ1n) is 8.92. The highest BCUT2D eigenvalue weighted by Gasteiger charge is 2.08. The Morgan fingerprint density at radius 3 is 2.58 bits per heavy atom. The van der Waals surface area contributed by atoms with Gasteiger partial charge in [-0.3, -0.25) is 0 Å². The lowest BCUT2D eigenvalue weighted by Crippen LogP contribution is -2.12. The van der Waals surface area contributed by atoms with Crippen LogP contribution in [0.3, 0.4) is 0 Å². The predicted molar refractivity (Wildman–Crippen MR) is 108 cm³/mol. The van der Waals surface area contributed by atoms with Crippen LogP contribution in [-0.2, 0) is 19.7 Å². The molecule has 0 radical (unpaired) electrons. The molecular formula is C22H25NO2S. The van der Waals surface area contributed by atoms with Crippen molar-refractivity contribution >= 4 is 11.3 Å². The summed E-state index contributed by atoms with van der Waals surface area (Å²) in [7, 11) is 0. The monoisotopic (exact) mass is 367 g/mol. The molecule has 3 aromatic rings. The van der Waals surface area contributed by atoms with E-state index in [1.165, 1.54) is 21.6 Å². The van der Waals surface area contributed by atoms with Crippen LogP contribution in [0, 0.1) is 6.92 Å². The number of benzene rings is 2. The van der Waals surface area contributed by atoms with Crippen molar-refractivity contribution in [2.24, 2.45) is 0 Å². The van der Waals surface area contributed by atoms with E-state index < -0.39 is 0 Å². The van der Waals surface area contributed by atoms with E-state index in [1.807, 2.05) is 25.1 Å². The summed E-state index contributed by atoms with van der Waals surface area (Å²) in [5, 5.41) is 5.57. The zero-order chi connectivity index (χ0) is 18.2. The SMILES string of the molecule is CCOc1cc(CNCc2cccs2)ccc1OCc1ccccc1C. The van der Waals surface area contributed by atoms with Crippen LogP contribution < -0.4 is 14.8 Å². The number of hydrogen-bond acceptors (Lipinski definition) is 4. The van der Waals surface area contributed by atoms with Crippen molar-refractivity contribution in [1.82, 2.24) is 5.32 Å². The van der Waals surface area contributed by atoms with E-state index >= 15 is 0 Å². The van der Waals surface area contributed by atoms with Gasteiger partial charge in [-0.1, -0.05) is 36.4 Å². The molecule has 0 spiro atoms. The van der Waals surface area contributed by atoms with E-state index in [-0.39, 0.29) is 0 Å². The average Bonchev–Trinajstić information content (AvgIpc) is 3.16. The summed E-state index contributed by atoms with van der Waals surface area (Å²) >= 11 is 1.77. The Hall–Kier alpha value is -2.30. The smallest absolute Gasteiger partial charge is 0.161 e. The molecule has 0 unspecified atom stereocenters. The second-order valence-electron chi connectivity index (χ2n) is 6.11. The molecule has 3 rings (SSSR count). The van der Waals surface area contributed by atoms with E-state index in [4.69, 9.17) is 9.47 Å². The highest BCUT2D eigenvalue weighted by Crippen LogP contribution is 2.29. The molecule has 4 heteroatoms. The summed E-state index contributed by atoms with van der Waals surface area (Å²) < 4.78 is 11.8. The molecule has 3 nitrogen and oxygen atoms in total. The van der Waals surface area contributed by atoms with Crippen LogP contribution in [-0.4, -0.2) is 6.61 Å². The first-order valence-corrected chi connectivity index (χ1v) is 9.80. The van der Waals surface area contributed by atoms with Crippen molar-refractivity contribution < 1.29 is 9.47 Å². The Bertz CT molecular complexity index is 815. The van der Waals surface area contributed by atoms with Gasteiger partial charge in [-0.15, -0.1) is 11.3 Å². The first kappa shape index (κ1) is 18.5. The fourth-order valence-corrected chi connectivity index (χ4v) is 3.40. The van der Waals surface area contributed by atoms with Crippen LogP contribution in [0.25, 0.3) is 0 Å². The van der Waals surface area contributed by atoms with Gasteiger partial charge in [0.1, 0.15) is 6.61 Å². The molecule has 0 saturated heterocycles. The standard InChI is InChI=1S/C22H25NO2S/c1-3-24-22-13-18(14-23-15-20-9-6-12-26-20)10-11-21(22)25-16-19-8-5-4-7-17(19)2/h4-13,23H,3,14-16H2,1-2H3. The van der Waals surface area contributed by atoms with E-state index in [2.05, 4.69) is 54.0 Å². The fourth-order valence-electron chi connectivity index (χ4n) is 2.72. The van der Waals surface area contributed by atoms with E-state index in [0.29, 0.717) is 13.2 Å². The first-order chi connectivity index (χ1) is 12.8. The van der Waals surface area contributed by atoms with Crippen molar-refractivity contribution in [2.45, 2.75) is 33.5 Å². The Kier molecular flexibility index (Phi) is 6.69. The number of nitrogens with one attached hydrogen (secondary N) is 1. The van der Waals surface area contributed by atoms with E-state index in [1.54, 1.807) is 11.3 Å². The lowest BCUT2D eigenvalue weighted by molar-refractivity contribution is 0.268. The molecule has 0 aliphatic heterocycles. The molecule has 0 aliphatic carbocycles. The molecule has 136 valence electrons. The number of hydrogen-bond donors (Lipinski definition) is 1. The largest absolute Gasteiger partial charge is 0.490 e. The zero-order valence-corrected chi connectivity index (χ0v) is 16.1. The van der Waals surface area contributed by atoms with Gasteiger partial charge in [-0.2, -0.15) is 0 Å². The summed E-state index contributed by atoms with van der Waals surface area (Å²) in [6, 6.07) is 18.7. The molecule has 2 aromatic carbocycles. The van der Waals surface area contributed by atoms with Crippen LogP contribution in [0.4, 0.5) is 0 Å². The summed E-state index contributed by atoms with van der Waals surface area (Å²) in [6.07, 6.45) is 0. The van der Waals surface area contributed by atoms with Crippen molar-refractivity contribution in [3.8, 4) is 11.5 Å². The summed E-state index contributed by atoms with van der Waals surface area (Å²) in [5.41, 5.74) is 3.62. The Morgan fingerprint density at radius 1 is 0.923 bits per heavy atom. The third-order valence-corrected chi connectivity index (χ3v) is 5.04. The number of ether oxygens (including phenoxy) is 2. The Balaban J connectivity index is 1.63. The Morgan fingerprint density at radius 2 is 1.81 bits per heavy atom.